The van der Waals surface area contributed by atoms with Gasteiger partial charge in [0.25, 0.3) is 0 Å². The molecule has 1 N–H and O–H groups in total. The van der Waals surface area contributed by atoms with Crippen molar-refractivity contribution in [1.29, 1.82) is 0 Å². The van der Waals surface area contributed by atoms with E-state index in [4.69, 9.17) is 4.42 Å². The van der Waals surface area contributed by atoms with Crippen LogP contribution in [-0.4, -0.2) is 23.7 Å². The number of unbranched alkanes of at least 4 members (excludes halogenated alkanes) is 5. The van der Waals surface area contributed by atoms with Gasteiger partial charge in [0.15, 0.2) is 12.0 Å². The van der Waals surface area contributed by atoms with Crippen LogP contribution in [0.1, 0.15) is 61.6 Å². The summed E-state index contributed by atoms with van der Waals surface area (Å²) in [4.78, 5) is 32.7. The Morgan fingerprint density at radius 3 is 2.58 bits per heavy atom. The molecule has 0 aromatic carbocycles. The molecule has 132 valence electrons. The Bertz CT molecular complexity index is 610. The molecule has 7 nitrogen and oxygen atoms in total. The number of amides is 1. The first kappa shape index (κ1) is 20.0. The van der Waals surface area contributed by atoms with Crippen molar-refractivity contribution < 1.29 is 18.9 Å². The predicted molar refractivity (Wildman–Crippen MR) is 93.4 cm³/mol. The smallest absolute Gasteiger partial charge is 0.396 e. The second-order valence-electron chi connectivity index (χ2n) is 5.30. The van der Waals surface area contributed by atoms with Gasteiger partial charge in [-0.15, -0.1) is 12.6 Å². The normalized spacial score (nSPS) is 10.9. The number of furan rings is 1. The minimum Gasteiger partial charge on any atom is -0.396 e. The van der Waals surface area contributed by atoms with Gasteiger partial charge in [0.1, 0.15) is 10.5 Å². The standard InChI is InChI=1S/C16H22N2O5S/c1-2-3-4-5-6-7-10-17-14(20)9-8-12-15(24)13(11-19)23-16(12)18(21)22/h8-9,11,24H,2-7,10H2,1H3,(H,17,20). The Hall–Kier alpha value is -2.09. The number of carbonyl (C=O) groups excluding carboxylic acids is 2. The van der Waals surface area contributed by atoms with Gasteiger partial charge in [-0.25, -0.2) is 0 Å². The van der Waals surface area contributed by atoms with E-state index in [2.05, 4.69) is 24.9 Å². The summed E-state index contributed by atoms with van der Waals surface area (Å²) < 4.78 is 4.81. The summed E-state index contributed by atoms with van der Waals surface area (Å²) in [7, 11) is 0. The van der Waals surface area contributed by atoms with Crippen molar-refractivity contribution >= 4 is 36.8 Å². The maximum Gasteiger partial charge on any atom is 0.442 e. The molecule has 0 bridgehead atoms. The van der Waals surface area contributed by atoms with E-state index < -0.39 is 10.8 Å². The van der Waals surface area contributed by atoms with E-state index in [0.29, 0.717) is 12.8 Å². The van der Waals surface area contributed by atoms with Crippen molar-refractivity contribution in [3.8, 4) is 0 Å². The van der Waals surface area contributed by atoms with E-state index in [1.165, 1.54) is 31.4 Å². The summed E-state index contributed by atoms with van der Waals surface area (Å²) in [5, 5.41) is 13.6. The first-order chi connectivity index (χ1) is 11.5. The molecule has 1 aromatic rings. The summed E-state index contributed by atoms with van der Waals surface area (Å²) in [6.45, 7) is 2.71. The van der Waals surface area contributed by atoms with Crippen LogP contribution in [0.15, 0.2) is 15.4 Å². The molecular weight excluding hydrogens is 332 g/mol. The van der Waals surface area contributed by atoms with Crippen LogP contribution in [0.3, 0.4) is 0 Å². The molecule has 1 heterocycles. The summed E-state index contributed by atoms with van der Waals surface area (Å²) in [5.74, 6) is -1.21. The Kier molecular flexibility index (Phi) is 8.85. The molecule has 0 aliphatic heterocycles. The van der Waals surface area contributed by atoms with Gasteiger partial charge in [-0.3, -0.25) is 19.7 Å². The second kappa shape index (κ2) is 10.6. The molecule has 0 aliphatic rings. The van der Waals surface area contributed by atoms with E-state index in [1.807, 2.05) is 0 Å². The number of hydrogen-bond acceptors (Lipinski definition) is 6. The molecule has 1 rings (SSSR count). The van der Waals surface area contributed by atoms with Crippen LogP contribution in [0.4, 0.5) is 5.88 Å². The highest BCUT2D eigenvalue weighted by Crippen LogP contribution is 2.32. The van der Waals surface area contributed by atoms with E-state index in [-0.39, 0.29) is 22.1 Å². The van der Waals surface area contributed by atoms with E-state index in [9.17, 15) is 19.7 Å². The van der Waals surface area contributed by atoms with E-state index >= 15 is 0 Å². The van der Waals surface area contributed by atoms with Crippen molar-refractivity contribution in [2.75, 3.05) is 6.54 Å². The number of aldehydes is 1. The summed E-state index contributed by atoms with van der Waals surface area (Å²) in [5.41, 5.74) is 0.000138. The Balaban J connectivity index is 2.51. The van der Waals surface area contributed by atoms with Crippen molar-refractivity contribution in [3.05, 3.63) is 27.5 Å². The van der Waals surface area contributed by atoms with Crippen LogP contribution in [0.2, 0.25) is 0 Å². The molecule has 1 amide bonds. The lowest BCUT2D eigenvalue weighted by Crippen LogP contribution is -2.21. The van der Waals surface area contributed by atoms with Gasteiger partial charge >= 0.3 is 5.88 Å². The lowest BCUT2D eigenvalue weighted by Gasteiger charge is -2.02. The molecule has 0 saturated carbocycles. The fourth-order valence-corrected chi connectivity index (χ4v) is 2.41. The number of rotatable bonds is 11. The zero-order chi connectivity index (χ0) is 17.9. The van der Waals surface area contributed by atoms with Gasteiger partial charge in [0.2, 0.25) is 5.91 Å². The zero-order valence-electron chi connectivity index (χ0n) is 13.6. The van der Waals surface area contributed by atoms with Crippen LogP contribution in [0.25, 0.3) is 6.08 Å². The number of hydrogen-bond donors (Lipinski definition) is 2. The number of nitrogens with zero attached hydrogens (tertiary/aromatic N) is 1. The Labute approximate surface area is 146 Å². The third kappa shape index (κ3) is 6.19. The third-order valence-corrected chi connectivity index (χ3v) is 3.89. The molecule has 0 fully saturated rings. The van der Waals surface area contributed by atoms with Gasteiger partial charge in [0.05, 0.1) is 4.90 Å². The predicted octanol–water partition coefficient (Wildman–Crippen LogP) is 3.78. The van der Waals surface area contributed by atoms with Gasteiger partial charge in [-0.05, 0) is 12.5 Å². The van der Waals surface area contributed by atoms with Gasteiger partial charge in [0, 0.05) is 12.6 Å². The molecule has 1 aromatic heterocycles. The minimum absolute atomic E-state index is 0.000138. The van der Waals surface area contributed by atoms with Crippen LogP contribution in [0, 0.1) is 10.1 Å². The van der Waals surface area contributed by atoms with Gasteiger partial charge in [-0.2, -0.15) is 0 Å². The molecule has 0 aliphatic carbocycles. The summed E-state index contributed by atoms with van der Waals surface area (Å²) in [6, 6.07) is 0. The molecule has 8 heteroatoms. The molecule has 0 atom stereocenters. The number of nitro groups is 1. The van der Waals surface area contributed by atoms with Crippen LogP contribution < -0.4 is 5.32 Å². The van der Waals surface area contributed by atoms with Gasteiger partial charge in [-0.1, -0.05) is 39.0 Å². The fourth-order valence-electron chi connectivity index (χ4n) is 2.14. The van der Waals surface area contributed by atoms with E-state index in [1.54, 1.807) is 0 Å². The first-order valence-electron chi connectivity index (χ1n) is 7.92. The van der Waals surface area contributed by atoms with Crippen LogP contribution in [-0.2, 0) is 4.79 Å². The summed E-state index contributed by atoms with van der Waals surface area (Å²) in [6.07, 6.45) is 9.47. The Morgan fingerprint density at radius 2 is 1.96 bits per heavy atom. The Morgan fingerprint density at radius 1 is 1.29 bits per heavy atom. The zero-order valence-corrected chi connectivity index (χ0v) is 14.5. The number of carbonyl (C=O) groups is 2. The van der Waals surface area contributed by atoms with E-state index in [0.717, 1.165) is 19.3 Å². The number of nitrogens with one attached hydrogen (secondary N) is 1. The lowest BCUT2D eigenvalue weighted by atomic mass is 10.1. The molecule has 0 unspecified atom stereocenters. The topological polar surface area (TPSA) is 102 Å². The summed E-state index contributed by atoms with van der Waals surface area (Å²) >= 11 is 4.02. The lowest BCUT2D eigenvalue weighted by molar-refractivity contribution is -0.402. The highest BCUT2D eigenvalue weighted by atomic mass is 32.1. The van der Waals surface area contributed by atoms with Crippen LogP contribution >= 0.6 is 12.6 Å². The maximum atomic E-state index is 11.7. The average Bonchev–Trinajstić information content (AvgIpc) is 2.88. The highest BCUT2D eigenvalue weighted by Gasteiger charge is 2.24. The molecule has 0 radical (unpaired) electrons. The molecule has 0 spiro atoms. The quantitative estimate of drug-likeness (QED) is 0.157. The first-order valence-corrected chi connectivity index (χ1v) is 8.37. The highest BCUT2D eigenvalue weighted by molar-refractivity contribution is 7.80. The van der Waals surface area contributed by atoms with Crippen molar-refractivity contribution in [2.45, 2.75) is 50.3 Å². The van der Waals surface area contributed by atoms with Gasteiger partial charge < -0.3 is 9.73 Å². The minimum atomic E-state index is -0.763. The molecular formula is C16H22N2O5S. The van der Waals surface area contributed by atoms with Crippen LogP contribution in [0.5, 0.6) is 0 Å². The maximum absolute atomic E-state index is 11.7. The number of thiol groups is 1. The SMILES string of the molecule is CCCCCCCCNC(=O)C=Cc1c([N+](=O)[O-])oc(C=O)c1S. The van der Waals surface area contributed by atoms with Crippen molar-refractivity contribution in [1.82, 2.24) is 5.32 Å². The second-order valence-corrected chi connectivity index (χ2v) is 5.75. The fraction of sp³-hybridized carbons (Fsp3) is 0.500. The van der Waals surface area contributed by atoms with Crippen molar-refractivity contribution in [3.63, 3.8) is 0 Å². The third-order valence-electron chi connectivity index (χ3n) is 3.43. The molecule has 0 saturated heterocycles. The molecule has 24 heavy (non-hydrogen) atoms. The largest absolute Gasteiger partial charge is 0.442 e. The van der Waals surface area contributed by atoms with Crippen molar-refractivity contribution in [2.24, 2.45) is 0 Å². The average molecular weight is 354 g/mol. The monoisotopic (exact) mass is 354 g/mol.